The minimum absolute atomic E-state index is 0.101. The first-order valence-electron chi connectivity index (χ1n) is 6.30. The van der Waals surface area contributed by atoms with Crippen molar-refractivity contribution in [3.05, 3.63) is 0 Å². The molecule has 0 saturated heterocycles. The number of amides is 1. The maximum atomic E-state index is 11.8. The number of aliphatic hydroxyl groups excluding tert-OH is 1. The smallest absolute Gasteiger partial charge is 0.237 e. The molecule has 1 amide bonds. The molecule has 0 aromatic carbocycles. The van der Waals surface area contributed by atoms with Crippen molar-refractivity contribution >= 4 is 5.91 Å². The van der Waals surface area contributed by atoms with Crippen molar-refractivity contribution in [2.45, 2.75) is 64.1 Å². The van der Waals surface area contributed by atoms with Gasteiger partial charge in [-0.15, -0.1) is 0 Å². The first-order valence-corrected chi connectivity index (χ1v) is 6.30. The van der Waals surface area contributed by atoms with Gasteiger partial charge in [-0.25, -0.2) is 0 Å². The fraction of sp³-hybridized carbons (Fsp3) is 0.917. The summed E-state index contributed by atoms with van der Waals surface area (Å²) in [6.07, 6.45) is 4.25. The first kappa shape index (κ1) is 13.5. The highest BCUT2D eigenvalue weighted by molar-refractivity contribution is 5.82. The molecule has 4 nitrogen and oxygen atoms in total. The third kappa shape index (κ3) is 3.46. The lowest BCUT2D eigenvalue weighted by atomic mass is 9.91. The third-order valence-corrected chi connectivity index (χ3v) is 3.62. The van der Waals surface area contributed by atoms with Crippen LogP contribution < -0.4 is 11.1 Å². The van der Waals surface area contributed by atoms with Gasteiger partial charge >= 0.3 is 0 Å². The standard InChI is InChI=1S/C12H24N2O2/c1-3-8(2)11(13)12(16)14-9-6-4-5-7-10(9)15/h8-11,15H,3-7,13H2,1-2H3,(H,14,16)/t8?,9?,10?,11-/m0/s1. The van der Waals surface area contributed by atoms with Crippen molar-refractivity contribution in [3.8, 4) is 0 Å². The first-order chi connectivity index (χ1) is 7.56. The Morgan fingerprint density at radius 3 is 2.69 bits per heavy atom. The largest absolute Gasteiger partial charge is 0.391 e. The molecule has 0 aromatic heterocycles. The lowest BCUT2D eigenvalue weighted by molar-refractivity contribution is -0.125. The van der Waals surface area contributed by atoms with E-state index in [1.165, 1.54) is 0 Å². The fourth-order valence-corrected chi connectivity index (χ4v) is 2.07. The van der Waals surface area contributed by atoms with Crippen molar-refractivity contribution in [3.63, 3.8) is 0 Å². The number of rotatable bonds is 4. The van der Waals surface area contributed by atoms with Crippen LogP contribution in [0.1, 0.15) is 46.0 Å². The summed E-state index contributed by atoms with van der Waals surface area (Å²) in [6.45, 7) is 3.99. The van der Waals surface area contributed by atoms with Crippen LogP contribution in [-0.2, 0) is 4.79 Å². The molecule has 0 spiro atoms. The topological polar surface area (TPSA) is 75.4 Å². The Hall–Kier alpha value is -0.610. The van der Waals surface area contributed by atoms with E-state index in [0.29, 0.717) is 0 Å². The zero-order valence-corrected chi connectivity index (χ0v) is 10.3. The number of nitrogens with one attached hydrogen (secondary N) is 1. The lowest BCUT2D eigenvalue weighted by Crippen LogP contribution is -2.52. The van der Waals surface area contributed by atoms with E-state index in [4.69, 9.17) is 5.73 Å². The Bertz CT molecular complexity index is 233. The minimum atomic E-state index is -0.459. The van der Waals surface area contributed by atoms with Gasteiger partial charge in [-0.2, -0.15) is 0 Å². The van der Waals surface area contributed by atoms with Gasteiger partial charge in [0.05, 0.1) is 18.2 Å². The average molecular weight is 228 g/mol. The second-order valence-corrected chi connectivity index (χ2v) is 4.88. The van der Waals surface area contributed by atoms with Crippen molar-refractivity contribution < 1.29 is 9.90 Å². The molecule has 4 N–H and O–H groups in total. The van der Waals surface area contributed by atoms with Crippen LogP contribution >= 0.6 is 0 Å². The normalized spacial score (nSPS) is 29.5. The Morgan fingerprint density at radius 1 is 1.50 bits per heavy atom. The quantitative estimate of drug-likeness (QED) is 0.665. The molecule has 1 aliphatic rings. The Labute approximate surface area is 97.6 Å². The van der Waals surface area contributed by atoms with E-state index >= 15 is 0 Å². The van der Waals surface area contributed by atoms with Crippen LogP contribution in [0.25, 0.3) is 0 Å². The summed E-state index contributed by atoms with van der Waals surface area (Å²) in [7, 11) is 0. The highest BCUT2D eigenvalue weighted by atomic mass is 16.3. The molecule has 1 aliphatic carbocycles. The molecule has 0 radical (unpaired) electrons. The van der Waals surface area contributed by atoms with E-state index < -0.39 is 12.1 Å². The summed E-state index contributed by atoms with van der Waals surface area (Å²) < 4.78 is 0. The number of carbonyl (C=O) groups is 1. The van der Waals surface area contributed by atoms with Gasteiger partial charge in [0.15, 0.2) is 0 Å². The van der Waals surface area contributed by atoms with Gasteiger partial charge in [0.2, 0.25) is 5.91 Å². The molecule has 16 heavy (non-hydrogen) atoms. The minimum Gasteiger partial charge on any atom is -0.391 e. The average Bonchev–Trinajstić information content (AvgIpc) is 2.30. The van der Waals surface area contributed by atoms with Gasteiger partial charge in [-0.3, -0.25) is 4.79 Å². The second kappa shape index (κ2) is 6.21. The van der Waals surface area contributed by atoms with Crippen LogP contribution in [-0.4, -0.2) is 29.2 Å². The molecule has 4 heteroatoms. The lowest BCUT2D eigenvalue weighted by Gasteiger charge is -2.30. The van der Waals surface area contributed by atoms with Crippen LogP contribution in [0.4, 0.5) is 0 Å². The van der Waals surface area contributed by atoms with E-state index in [2.05, 4.69) is 5.32 Å². The molecule has 1 saturated carbocycles. The summed E-state index contributed by atoms with van der Waals surface area (Å²) in [5, 5.41) is 12.6. The van der Waals surface area contributed by atoms with E-state index in [1.807, 2.05) is 13.8 Å². The van der Waals surface area contributed by atoms with Gasteiger partial charge in [0.1, 0.15) is 0 Å². The molecule has 0 aliphatic heterocycles. The van der Waals surface area contributed by atoms with Crippen LogP contribution in [0.5, 0.6) is 0 Å². The zero-order chi connectivity index (χ0) is 12.1. The van der Waals surface area contributed by atoms with Crippen molar-refractivity contribution in [1.29, 1.82) is 0 Å². The number of aliphatic hydroxyl groups is 1. The Balaban J connectivity index is 2.43. The van der Waals surface area contributed by atoms with E-state index in [0.717, 1.165) is 32.1 Å². The Kier molecular flexibility index (Phi) is 5.22. The van der Waals surface area contributed by atoms with Gasteiger partial charge < -0.3 is 16.2 Å². The highest BCUT2D eigenvalue weighted by Gasteiger charge is 2.27. The summed E-state index contributed by atoms with van der Waals surface area (Å²) in [5.74, 6) is 0.0565. The highest BCUT2D eigenvalue weighted by Crippen LogP contribution is 2.18. The van der Waals surface area contributed by atoms with E-state index in [1.54, 1.807) is 0 Å². The van der Waals surface area contributed by atoms with Crippen LogP contribution in [0, 0.1) is 5.92 Å². The van der Waals surface area contributed by atoms with Gasteiger partial charge in [0.25, 0.3) is 0 Å². The monoisotopic (exact) mass is 228 g/mol. The zero-order valence-electron chi connectivity index (χ0n) is 10.3. The van der Waals surface area contributed by atoms with Crippen molar-refractivity contribution in [2.24, 2.45) is 11.7 Å². The fourth-order valence-electron chi connectivity index (χ4n) is 2.07. The number of carbonyl (C=O) groups excluding carboxylic acids is 1. The van der Waals surface area contributed by atoms with Crippen LogP contribution in [0.15, 0.2) is 0 Å². The molecule has 0 bridgehead atoms. The maximum absolute atomic E-state index is 11.8. The predicted molar refractivity (Wildman–Crippen MR) is 63.8 cm³/mol. The molecule has 0 heterocycles. The van der Waals surface area contributed by atoms with Crippen LogP contribution in [0.2, 0.25) is 0 Å². The summed E-state index contributed by atoms with van der Waals surface area (Å²) >= 11 is 0. The van der Waals surface area contributed by atoms with E-state index in [-0.39, 0.29) is 17.9 Å². The maximum Gasteiger partial charge on any atom is 0.237 e. The molecule has 3 unspecified atom stereocenters. The van der Waals surface area contributed by atoms with Crippen LogP contribution in [0.3, 0.4) is 0 Å². The summed E-state index contributed by atoms with van der Waals surface area (Å²) in [6, 6.07) is -0.560. The van der Waals surface area contributed by atoms with Crippen molar-refractivity contribution in [1.82, 2.24) is 5.32 Å². The third-order valence-electron chi connectivity index (χ3n) is 3.62. The molecular weight excluding hydrogens is 204 g/mol. The number of hydrogen-bond donors (Lipinski definition) is 3. The van der Waals surface area contributed by atoms with Gasteiger partial charge in [-0.1, -0.05) is 33.1 Å². The molecular formula is C12H24N2O2. The summed E-state index contributed by atoms with van der Waals surface area (Å²) in [5.41, 5.74) is 5.84. The molecule has 0 aromatic rings. The summed E-state index contributed by atoms with van der Waals surface area (Å²) in [4.78, 5) is 11.8. The second-order valence-electron chi connectivity index (χ2n) is 4.88. The number of hydrogen-bond acceptors (Lipinski definition) is 3. The number of nitrogens with two attached hydrogens (primary N) is 1. The SMILES string of the molecule is CCC(C)[C@H](N)C(=O)NC1CCCCC1O. The molecule has 4 atom stereocenters. The molecule has 1 fully saturated rings. The molecule has 1 rings (SSSR count). The van der Waals surface area contributed by atoms with Gasteiger partial charge in [-0.05, 0) is 18.8 Å². The molecule has 94 valence electrons. The van der Waals surface area contributed by atoms with E-state index in [9.17, 15) is 9.90 Å². The van der Waals surface area contributed by atoms with Crippen molar-refractivity contribution in [2.75, 3.05) is 0 Å². The predicted octanol–water partition coefficient (Wildman–Crippen LogP) is 0.779. The Morgan fingerprint density at radius 2 is 2.12 bits per heavy atom. The van der Waals surface area contributed by atoms with Gasteiger partial charge in [0, 0.05) is 0 Å².